The first-order valence-corrected chi connectivity index (χ1v) is 9.46. The lowest BCUT2D eigenvalue weighted by molar-refractivity contribution is 0.102. The number of carbonyl (C=O) groups is 1. The Kier molecular flexibility index (Phi) is 6.64. The lowest BCUT2D eigenvalue weighted by atomic mass is 10.1. The average molecular weight is 373 g/mol. The van der Waals surface area contributed by atoms with E-state index in [0.29, 0.717) is 23.8 Å². The largest absolute Gasteiger partial charge is 0.497 e. The summed E-state index contributed by atoms with van der Waals surface area (Å²) in [4.78, 5) is 12.7. The van der Waals surface area contributed by atoms with Gasteiger partial charge in [-0.2, -0.15) is 0 Å². The van der Waals surface area contributed by atoms with Crippen LogP contribution in [0.5, 0.6) is 11.5 Å². The zero-order valence-electron chi connectivity index (χ0n) is 15.9. The number of nitrogens with one attached hydrogen (secondary N) is 2. The number of ether oxygens (including phenoxy) is 2. The van der Waals surface area contributed by atoms with Crippen molar-refractivity contribution >= 4 is 11.6 Å². The lowest BCUT2D eigenvalue weighted by Crippen LogP contribution is -2.29. The van der Waals surface area contributed by atoms with Crippen LogP contribution in [0.2, 0.25) is 0 Å². The first-order chi connectivity index (χ1) is 13.2. The highest BCUT2D eigenvalue weighted by Gasteiger charge is 2.19. The molecule has 0 spiro atoms. The van der Waals surface area contributed by atoms with Gasteiger partial charge < -0.3 is 20.1 Å². The Bertz CT molecular complexity index is 756. The Labute approximate surface area is 159 Å². The molecule has 2 aromatic rings. The zero-order valence-corrected chi connectivity index (χ0v) is 15.9. The molecule has 146 valence electrons. The number of nitrogens with zero attached hydrogens (tertiary/aromatic N) is 3. The fraction of sp³-hybridized carbons (Fsp3) is 0.526. The summed E-state index contributed by atoms with van der Waals surface area (Å²) in [5.74, 6) is 0.943. The monoisotopic (exact) mass is 373 g/mol. The van der Waals surface area contributed by atoms with E-state index in [0.717, 1.165) is 38.8 Å². The van der Waals surface area contributed by atoms with Crippen LogP contribution in [0, 0.1) is 0 Å². The predicted molar refractivity (Wildman–Crippen MR) is 103 cm³/mol. The average Bonchev–Trinajstić information content (AvgIpc) is 3.20. The molecule has 2 N–H and O–H groups in total. The summed E-state index contributed by atoms with van der Waals surface area (Å²) < 4.78 is 12.8. The smallest absolute Gasteiger partial charge is 0.277 e. The molecule has 1 saturated heterocycles. The third kappa shape index (κ3) is 4.97. The van der Waals surface area contributed by atoms with Crippen molar-refractivity contribution in [1.29, 1.82) is 0 Å². The van der Waals surface area contributed by atoms with E-state index in [4.69, 9.17) is 9.47 Å². The van der Waals surface area contributed by atoms with Crippen LogP contribution in [0.25, 0.3) is 0 Å². The molecule has 8 nitrogen and oxygen atoms in total. The van der Waals surface area contributed by atoms with E-state index in [-0.39, 0.29) is 17.6 Å². The van der Waals surface area contributed by atoms with Crippen LogP contribution in [0.1, 0.15) is 49.1 Å². The van der Waals surface area contributed by atoms with Gasteiger partial charge in [-0.25, -0.2) is 4.68 Å². The van der Waals surface area contributed by atoms with Crippen molar-refractivity contribution in [2.24, 2.45) is 0 Å². The lowest BCUT2D eigenvalue weighted by Gasteiger charge is -2.22. The van der Waals surface area contributed by atoms with E-state index in [1.807, 2.05) is 6.07 Å². The normalized spacial score (nSPS) is 14.7. The Balaban J connectivity index is 1.71. The molecule has 1 aromatic carbocycles. The van der Waals surface area contributed by atoms with Gasteiger partial charge in [0.25, 0.3) is 5.91 Å². The van der Waals surface area contributed by atoms with Crippen LogP contribution in [0.15, 0.2) is 24.4 Å². The second kappa shape index (κ2) is 9.36. The standard InChI is InChI=1S/C19H27N5O3/c1-3-4-11-27-18-6-5-15(26-2)12-16(18)21-19(25)17-13-24(23-22-17)14-7-9-20-10-8-14/h5-6,12-14,20H,3-4,7-11H2,1-2H3,(H,21,25). The topological polar surface area (TPSA) is 90.3 Å². The van der Waals surface area contributed by atoms with Gasteiger partial charge in [-0.15, -0.1) is 5.10 Å². The fourth-order valence-corrected chi connectivity index (χ4v) is 3.00. The summed E-state index contributed by atoms with van der Waals surface area (Å²) in [6.07, 6.45) is 5.66. The van der Waals surface area contributed by atoms with Crippen LogP contribution >= 0.6 is 0 Å². The van der Waals surface area contributed by atoms with Gasteiger partial charge in [-0.1, -0.05) is 18.6 Å². The molecule has 1 aliphatic heterocycles. The molecule has 3 rings (SSSR count). The zero-order chi connectivity index (χ0) is 19.1. The van der Waals surface area contributed by atoms with Crippen molar-refractivity contribution in [3.8, 4) is 11.5 Å². The maximum atomic E-state index is 12.7. The molecule has 2 heterocycles. The number of carbonyl (C=O) groups excluding carboxylic acids is 1. The highest BCUT2D eigenvalue weighted by atomic mass is 16.5. The number of piperidine rings is 1. The molecule has 0 bridgehead atoms. The fourth-order valence-electron chi connectivity index (χ4n) is 3.00. The number of hydrogen-bond donors (Lipinski definition) is 2. The van der Waals surface area contributed by atoms with Crippen molar-refractivity contribution in [2.45, 2.75) is 38.6 Å². The number of unbranched alkanes of at least 4 members (excludes halogenated alkanes) is 1. The minimum atomic E-state index is -0.316. The number of benzene rings is 1. The molecule has 0 saturated carbocycles. The van der Waals surface area contributed by atoms with Gasteiger partial charge >= 0.3 is 0 Å². The number of anilines is 1. The van der Waals surface area contributed by atoms with Crippen LogP contribution in [0.4, 0.5) is 5.69 Å². The van der Waals surface area contributed by atoms with Crippen LogP contribution in [0.3, 0.4) is 0 Å². The summed E-state index contributed by atoms with van der Waals surface area (Å²) >= 11 is 0. The molecule has 0 radical (unpaired) electrons. The summed E-state index contributed by atoms with van der Waals surface area (Å²) in [6.45, 7) is 4.60. The highest BCUT2D eigenvalue weighted by molar-refractivity contribution is 6.03. The molecule has 1 fully saturated rings. The summed E-state index contributed by atoms with van der Waals surface area (Å²) in [6, 6.07) is 5.64. The van der Waals surface area contributed by atoms with Gasteiger partial charge in [0.05, 0.1) is 31.6 Å². The Morgan fingerprint density at radius 1 is 1.37 bits per heavy atom. The number of methoxy groups -OCH3 is 1. The number of rotatable bonds is 8. The van der Waals surface area contributed by atoms with Gasteiger partial charge in [0, 0.05) is 6.07 Å². The summed E-state index contributed by atoms with van der Waals surface area (Å²) in [5, 5.41) is 14.4. The maximum absolute atomic E-state index is 12.7. The van der Waals surface area contributed by atoms with Gasteiger partial charge in [0.15, 0.2) is 5.69 Å². The molecule has 1 amide bonds. The van der Waals surface area contributed by atoms with E-state index in [2.05, 4.69) is 27.9 Å². The first kappa shape index (κ1) is 19.2. The highest BCUT2D eigenvalue weighted by Crippen LogP contribution is 2.30. The molecule has 1 aliphatic rings. The third-order valence-electron chi connectivity index (χ3n) is 4.62. The predicted octanol–water partition coefficient (Wildman–Crippen LogP) is 2.64. The van der Waals surface area contributed by atoms with Gasteiger partial charge in [0.2, 0.25) is 0 Å². The van der Waals surface area contributed by atoms with Crippen molar-refractivity contribution < 1.29 is 14.3 Å². The Morgan fingerprint density at radius 3 is 2.93 bits per heavy atom. The molecule has 1 aromatic heterocycles. The Morgan fingerprint density at radius 2 is 2.19 bits per heavy atom. The van der Waals surface area contributed by atoms with E-state index in [9.17, 15) is 4.79 Å². The number of amides is 1. The van der Waals surface area contributed by atoms with E-state index in [1.54, 1.807) is 30.1 Å². The SMILES string of the molecule is CCCCOc1ccc(OC)cc1NC(=O)c1cn(C2CCNCC2)nn1. The number of aromatic nitrogens is 3. The quantitative estimate of drug-likeness (QED) is 0.692. The van der Waals surface area contributed by atoms with Crippen molar-refractivity contribution in [1.82, 2.24) is 20.3 Å². The van der Waals surface area contributed by atoms with Crippen LogP contribution < -0.4 is 20.1 Å². The van der Waals surface area contributed by atoms with Crippen molar-refractivity contribution in [2.75, 3.05) is 32.1 Å². The molecule has 0 aliphatic carbocycles. The third-order valence-corrected chi connectivity index (χ3v) is 4.62. The van der Waals surface area contributed by atoms with Gasteiger partial charge in [0.1, 0.15) is 11.5 Å². The van der Waals surface area contributed by atoms with E-state index < -0.39 is 0 Å². The molecule has 27 heavy (non-hydrogen) atoms. The van der Waals surface area contributed by atoms with Crippen LogP contribution in [-0.4, -0.2) is 47.7 Å². The second-order valence-electron chi connectivity index (χ2n) is 6.58. The van der Waals surface area contributed by atoms with E-state index >= 15 is 0 Å². The van der Waals surface area contributed by atoms with Crippen molar-refractivity contribution in [3.63, 3.8) is 0 Å². The molecular formula is C19H27N5O3. The van der Waals surface area contributed by atoms with Crippen LogP contribution in [-0.2, 0) is 0 Å². The van der Waals surface area contributed by atoms with E-state index in [1.165, 1.54) is 0 Å². The van der Waals surface area contributed by atoms with Crippen molar-refractivity contribution in [3.05, 3.63) is 30.1 Å². The molecule has 8 heteroatoms. The van der Waals surface area contributed by atoms with Gasteiger partial charge in [-0.3, -0.25) is 4.79 Å². The number of hydrogen-bond acceptors (Lipinski definition) is 6. The molecule has 0 atom stereocenters. The second-order valence-corrected chi connectivity index (χ2v) is 6.58. The molecule has 0 unspecified atom stereocenters. The minimum Gasteiger partial charge on any atom is -0.497 e. The minimum absolute atomic E-state index is 0.282. The van der Waals surface area contributed by atoms with Gasteiger partial charge in [-0.05, 0) is 44.5 Å². The summed E-state index contributed by atoms with van der Waals surface area (Å²) in [7, 11) is 1.59. The first-order valence-electron chi connectivity index (χ1n) is 9.46. The Hall–Kier alpha value is -2.61. The maximum Gasteiger partial charge on any atom is 0.277 e. The summed E-state index contributed by atoms with van der Waals surface area (Å²) in [5.41, 5.74) is 0.850. The molecular weight excluding hydrogens is 346 g/mol.